The van der Waals surface area contributed by atoms with Gasteiger partial charge in [0.25, 0.3) is 3.79 Å². The van der Waals surface area contributed by atoms with E-state index in [1.54, 1.807) is 0 Å². The molecule has 0 aromatic carbocycles. The van der Waals surface area contributed by atoms with Crippen LogP contribution in [-0.2, 0) is 37.9 Å². The first kappa shape index (κ1) is 42.7. The van der Waals surface area contributed by atoms with Gasteiger partial charge in [0.05, 0.1) is 25.4 Å². The number of hydrogen-bond donors (Lipinski definition) is 11. The van der Waals surface area contributed by atoms with Crippen molar-refractivity contribution in [1.29, 1.82) is 5.41 Å². The summed E-state index contributed by atoms with van der Waals surface area (Å²) >= 11 is 17.3. The molecule has 0 radical (unpaired) electrons. The van der Waals surface area contributed by atoms with Crippen LogP contribution in [0, 0.1) is 5.41 Å². The molecule has 25 heteroatoms. The van der Waals surface area contributed by atoms with Gasteiger partial charge in [-0.1, -0.05) is 39.9 Å². The number of rotatable bonds is 10. The maximum absolute atomic E-state index is 11.1. The van der Waals surface area contributed by atoms with E-state index >= 15 is 0 Å². The van der Waals surface area contributed by atoms with Crippen LogP contribution in [0.5, 0.6) is 0 Å². The van der Waals surface area contributed by atoms with Crippen LogP contribution in [-0.4, -0.2) is 197 Å². The minimum atomic E-state index is -2.47. The lowest BCUT2D eigenvalue weighted by Crippen LogP contribution is -2.68. The number of nitrogens with one attached hydrogen (secondary N) is 1. The van der Waals surface area contributed by atoms with Crippen LogP contribution in [0.1, 0.15) is 13.8 Å². The Balaban J connectivity index is 1.74. The molecule has 4 aliphatic rings. The highest BCUT2D eigenvalue weighted by molar-refractivity contribution is 6.76. The molecule has 4 rings (SSSR count). The molecule has 0 amide bonds. The van der Waals surface area contributed by atoms with Crippen LogP contribution in [0.4, 0.5) is 0 Å². The molecule has 22 nitrogen and oxygen atoms in total. The van der Waals surface area contributed by atoms with Crippen LogP contribution in [0.3, 0.4) is 0 Å². The minimum absolute atomic E-state index is 0.892. The summed E-state index contributed by atoms with van der Waals surface area (Å²) in [5.74, 6) is -1.04. The van der Waals surface area contributed by atoms with Crippen molar-refractivity contribution in [2.24, 2.45) is 5.11 Å². The molecule has 0 aliphatic carbocycles. The van der Waals surface area contributed by atoms with Crippen LogP contribution in [0.25, 0.3) is 10.4 Å². The third-order valence-corrected chi connectivity index (χ3v) is 9.30. The van der Waals surface area contributed by atoms with Crippen molar-refractivity contribution in [2.45, 2.75) is 140 Å². The largest absolute Gasteiger partial charge is 0.448 e. The smallest absolute Gasteiger partial charge is 0.265 e. The molecule has 4 aliphatic heterocycles. The molecule has 0 bridgehead atoms. The molecule has 294 valence electrons. The number of aliphatic hydroxyl groups is 10. The summed E-state index contributed by atoms with van der Waals surface area (Å²) in [4.78, 5) is 2.74. The summed E-state index contributed by atoms with van der Waals surface area (Å²) in [5.41, 5.74) is 9.50. The number of halogens is 3. The highest BCUT2D eigenvalue weighted by Crippen LogP contribution is 2.38. The highest BCUT2D eigenvalue weighted by Gasteiger charge is 2.56. The topological polar surface area (TPSA) is 349 Å². The summed E-state index contributed by atoms with van der Waals surface area (Å²) in [5, 5.41) is 116. The number of hydrogen-bond acceptors (Lipinski definition) is 20. The average molecular weight is 804 g/mol. The van der Waals surface area contributed by atoms with Crippen molar-refractivity contribution < 1.29 is 89.0 Å². The second-order valence-corrected chi connectivity index (χ2v) is 14.5. The van der Waals surface area contributed by atoms with Crippen LogP contribution < -0.4 is 0 Å². The van der Waals surface area contributed by atoms with Crippen molar-refractivity contribution in [3.8, 4) is 0 Å². The summed E-state index contributed by atoms with van der Waals surface area (Å²) in [6.45, 7) is 0.814. The van der Waals surface area contributed by atoms with E-state index in [-0.39, 0.29) is 0 Å². The first-order valence-electron chi connectivity index (χ1n) is 15.5. The first-order valence-corrected chi connectivity index (χ1v) is 16.6. The molecule has 4 fully saturated rings. The normalized spacial score (nSPS) is 48.1. The van der Waals surface area contributed by atoms with Gasteiger partial charge in [0.15, 0.2) is 18.9 Å². The molecule has 10 unspecified atom stereocenters. The molecule has 51 heavy (non-hydrogen) atoms. The van der Waals surface area contributed by atoms with Gasteiger partial charge in [-0.3, -0.25) is 5.41 Å². The van der Waals surface area contributed by atoms with Crippen molar-refractivity contribution in [3.05, 3.63) is 10.4 Å². The highest BCUT2D eigenvalue weighted by atomic mass is 35.6. The molecule has 11 N–H and O–H groups in total. The van der Waals surface area contributed by atoms with E-state index in [0.29, 0.717) is 0 Å². The summed E-state index contributed by atoms with van der Waals surface area (Å²) < 4.78 is 43.1. The molecule has 0 saturated carbocycles. The maximum Gasteiger partial charge on any atom is 0.265 e. The van der Waals surface area contributed by atoms with Crippen LogP contribution in [0.2, 0.25) is 0 Å². The van der Waals surface area contributed by atoms with Crippen molar-refractivity contribution in [1.82, 2.24) is 0 Å². The Kier molecular flexibility index (Phi) is 14.8. The maximum atomic E-state index is 11.1. The van der Waals surface area contributed by atoms with Crippen molar-refractivity contribution >= 4 is 40.7 Å². The Labute approximate surface area is 303 Å². The predicted molar refractivity (Wildman–Crippen MR) is 165 cm³/mol. The molecule has 4 saturated heterocycles. The van der Waals surface area contributed by atoms with Crippen molar-refractivity contribution in [3.63, 3.8) is 0 Å². The second kappa shape index (κ2) is 17.6. The summed E-state index contributed by atoms with van der Waals surface area (Å²) in [6, 6.07) is -1.79. The van der Waals surface area contributed by atoms with Gasteiger partial charge in [-0.2, -0.15) is 0 Å². The lowest BCUT2D eigenvalue weighted by Gasteiger charge is -2.50. The number of alkyl halides is 3. The molecular weight excluding hydrogens is 763 g/mol. The standard InChI is InChI=1S/C26H41Cl3N4O18/c1-5-10(36)13(39)16(42)22(44-5)49-19-9(32-33-31)21(51-25(30)26(27,28)29)47-8(4-35)18(19)48-24-20(15(41)12(38)7(3-34)46-24)50-23-17(43)14(40)11(37)6(2)45-23/h5-24,30,34-43H,3-4H2,1-2H3/t5?,6?,7?,8?,9?,10-,11+,12+,13-,14?,15+,16?,17+,18+,19-,20?,21?,22-,23?,24+/m1/s1. The van der Waals surface area contributed by atoms with Gasteiger partial charge in [0.1, 0.15) is 85.4 Å². The Morgan fingerprint density at radius 3 is 1.59 bits per heavy atom. The van der Waals surface area contributed by atoms with Gasteiger partial charge in [-0.15, -0.1) is 0 Å². The first-order chi connectivity index (χ1) is 23.9. The Morgan fingerprint density at radius 1 is 0.647 bits per heavy atom. The van der Waals surface area contributed by atoms with Gasteiger partial charge >= 0.3 is 0 Å². The van der Waals surface area contributed by atoms with Gasteiger partial charge in [-0.05, 0) is 19.4 Å². The van der Waals surface area contributed by atoms with E-state index in [2.05, 4.69) is 10.0 Å². The Bertz CT molecular complexity index is 1220. The number of nitrogens with zero attached hydrogens (tertiary/aromatic N) is 3. The molecule has 20 atom stereocenters. The third kappa shape index (κ3) is 9.27. The van der Waals surface area contributed by atoms with E-state index < -0.39 is 146 Å². The van der Waals surface area contributed by atoms with E-state index in [1.165, 1.54) is 13.8 Å². The molecular formula is C26H41Cl3N4O18. The predicted octanol–water partition coefficient (Wildman–Crippen LogP) is -4.00. The van der Waals surface area contributed by atoms with Gasteiger partial charge in [0, 0.05) is 4.91 Å². The third-order valence-electron chi connectivity index (χ3n) is 8.79. The lowest BCUT2D eigenvalue weighted by molar-refractivity contribution is -0.390. The molecule has 0 aromatic heterocycles. The quantitative estimate of drug-likeness (QED) is 0.0250. The Hall–Kier alpha value is -1.03. The summed E-state index contributed by atoms with van der Waals surface area (Å²) in [7, 11) is 0. The van der Waals surface area contributed by atoms with Gasteiger partial charge in [-0.25, -0.2) is 0 Å². The number of aliphatic hydroxyl groups excluding tert-OH is 10. The zero-order valence-electron chi connectivity index (χ0n) is 26.7. The van der Waals surface area contributed by atoms with E-state index in [9.17, 15) is 56.6 Å². The lowest BCUT2D eigenvalue weighted by atomic mass is 9.94. The molecule has 4 heterocycles. The van der Waals surface area contributed by atoms with E-state index in [4.69, 9.17) is 78.1 Å². The fourth-order valence-electron chi connectivity index (χ4n) is 5.85. The SMILES string of the molecule is CC1OC(OC2[C@H](O[C@H]3C(CO)OC(OC(=N)C(Cl)(Cl)Cl)C(N=[N+]=[N-])[C@H]3O[C@H]3OC(C)[C@@H](O)[C@@H](O)C3O)OC(CO)[C@H](O)[C@@H]2O)[C@@H](O)C(O)[C@H]1O. The second-order valence-electron chi connectivity index (χ2n) is 12.2. The monoisotopic (exact) mass is 802 g/mol. The number of ether oxygens (including phenoxy) is 8. The van der Waals surface area contributed by atoms with E-state index in [0.717, 1.165) is 0 Å². The number of azide groups is 1. The fourth-order valence-corrected chi connectivity index (χ4v) is 5.98. The molecule has 0 spiro atoms. The van der Waals surface area contributed by atoms with Crippen LogP contribution in [0.15, 0.2) is 5.11 Å². The summed E-state index contributed by atoms with van der Waals surface area (Å²) in [6.07, 6.45) is -32.8. The van der Waals surface area contributed by atoms with Gasteiger partial charge < -0.3 is 89.0 Å². The Morgan fingerprint density at radius 2 is 1.12 bits per heavy atom. The van der Waals surface area contributed by atoms with Crippen molar-refractivity contribution in [2.75, 3.05) is 13.2 Å². The zero-order chi connectivity index (χ0) is 38.1. The minimum Gasteiger partial charge on any atom is -0.448 e. The van der Waals surface area contributed by atoms with E-state index in [1.807, 2.05) is 0 Å². The van der Waals surface area contributed by atoms with Crippen LogP contribution >= 0.6 is 34.8 Å². The average Bonchev–Trinajstić information content (AvgIpc) is 3.08. The fraction of sp³-hybridized carbons (Fsp3) is 0.962. The zero-order valence-corrected chi connectivity index (χ0v) is 28.9. The molecule has 0 aromatic rings. The van der Waals surface area contributed by atoms with Gasteiger partial charge in [0.2, 0.25) is 12.2 Å².